The molecule has 0 saturated heterocycles. The molecule has 0 unspecified atom stereocenters. The van der Waals surface area contributed by atoms with Crippen molar-refractivity contribution in [2.45, 2.75) is 0 Å². The molecular weight excluding hydrogens is 206 g/mol. The number of hydrogen-bond donors (Lipinski definition) is 1. The van der Waals surface area contributed by atoms with Crippen molar-refractivity contribution in [2.24, 2.45) is 5.73 Å². The van der Waals surface area contributed by atoms with Gasteiger partial charge in [-0.25, -0.2) is 0 Å². The van der Waals surface area contributed by atoms with Crippen molar-refractivity contribution >= 4 is 11.6 Å². The van der Waals surface area contributed by atoms with E-state index in [4.69, 9.17) is 5.73 Å². The van der Waals surface area contributed by atoms with E-state index < -0.39 is 5.91 Å². The summed E-state index contributed by atoms with van der Waals surface area (Å²) in [5.74, 6) is -0.547. The first-order valence-electron chi connectivity index (χ1n) is 4.57. The van der Waals surface area contributed by atoms with Crippen molar-refractivity contribution in [2.75, 3.05) is 0 Å². The molecule has 0 saturated carbocycles. The standard InChI is InChI=1S/C10H9N5O/c11-10(16)6-9(15-7-12-13-14-15)8-4-2-1-3-5-8/h1-7H,(H2,11,16). The lowest BCUT2D eigenvalue weighted by atomic mass is 10.1. The van der Waals surface area contributed by atoms with Crippen LogP contribution in [-0.4, -0.2) is 26.1 Å². The maximum absolute atomic E-state index is 10.9. The molecule has 0 aliphatic rings. The number of benzene rings is 1. The average molecular weight is 215 g/mol. The van der Waals surface area contributed by atoms with Crippen LogP contribution in [0, 0.1) is 0 Å². The molecule has 0 aliphatic heterocycles. The molecule has 1 heterocycles. The third-order valence-corrected chi connectivity index (χ3v) is 1.94. The van der Waals surface area contributed by atoms with Gasteiger partial charge in [-0.3, -0.25) is 4.79 Å². The minimum atomic E-state index is -0.547. The van der Waals surface area contributed by atoms with Crippen LogP contribution in [0.2, 0.25) is 0 Å². The SMILES string of the molecule is NC(=O)C=C(c1ccccc1)n1cnnn1. The van der Waals surface area contributed by atoms with Crippen molar-refractivity contribution in [3.05, 3.63) is 48.3 Å². The summed E-state index contributed by atoms with van der Waals surface area (Å²) in [5, 5.41) is 10.8. The smallest absolute Gasteiger partial charge is 0.243 e. The van der Waals surface area contributed by atoms with Crippen LogP contribution in [0.1, 0.15) is 5.56 Å². The Hall–Kier alpha value is -2.50. The van der Waals surface area contributed by atoms with Gasteiger partial charge in [-0.2, -0.15) is 4.68 Å². The second-order valence-electron chi connectivity index (χ2n) is 3.05. The third-order valence-electron chi connectivity index (χ3n) is 1.94. The van der Waals surface area contributed by atoms with Crippen LogP contribution >= 0.6 is 0 Å². The molecule has 0 spiro atoms. The number of tetrazole rings is 1. The minimum absolute atomic E-state index is 0.540. The maximum atomic E-state index is 10.9. The third kappa shape index (κ3) is 2.11. The van der Waals surface area contributed by atoms with Crippen molar-refractivity contribution in [1.82, 2.24) is 20.2 Å². The fourth-order valence-electron chi connectivity index (χ4n) is 1.30. The van der Waals surface area contributed by atoms with Crippen molar-refractivity contribution in [3.63, 3.8) is 0 Å². The Morgan fingerprint density at radius 3 is 2.62 bits per heavy atom. The number of primary amides is 1. The Morgan fingerprint density at radius 1 is 1.31 bits per heavy atom. The van der Waals surface area contributed by atoms with E-state index in [1.165, 1.54) is 17.1 Å². The predicted octanol–water partition coefficient (Wildman–Crippen LogP) is 0.0476. The summed E-state index contributed by atoms with van der Waals surface area (Å²) in [6, 6.07) is 9.28. The van der Waals surface area contributed by atoms with Gasteiger partial charge in [0, 0.05) is 11.6 Å². The van der Waals surface area contributed by atoms with E-state index in [9.17, 15) is 4.79 Å². The number of carbonyl (C=O) groups excluding carboxylic acids is 1. The largest absolute Gasteiger partial charge is 0.366 e. The van der Waals surface area contributed by atoms with Crippen LogP contribution in [0.15, 0.2) is 42.7 Å². The van der Waals surface area contributed by atoms with Gasteiger partial charge in [0.25, 0.3) is 0 Å². The molecule has 2 aromatic rings. The quantitative estimate of drug-likeness (QED) is 0.733. The van der Waals surface area contributed by atoms with Gasteiger partial charge in [-0.1, -0.05) is 30.3 Å². The Balaban J connectivity index is 2.49. The van der Waals surface area contributed by atoms with Crippen LogP contribution in [0.25, 0.3) is 5.70 Å². The molecule has 1 amide bonds. The molecular formula is C10H9N5O. The van der Waals surface area contributed by atoms with Gasteiger partial charge in [-0.05, 0) is 10.4 Å². The Kier molecular flexibility index (Phi) is 2.73. The molecule has 1 aromatic heterocycles. The number of nitrogens with zero attached hydrogens (tertiary/aromatic N) is 4. The second-order valence-corrected chi connectivity index (χ2v) is 3.05. The molecule has 6 nitrogen and oxygen atoms in total. The Morgan fingerprint density at radius 2 is 2.06 bits per heavy atom. The first-order valence-corrected chi connectivity index (χ1v) is 4.57. The van der Waals surface area contributed by atoms with Gasteiger partial charge in [0.05, 0.1) is 5.70 Å². The zero-order valence-corrected chi connectivity index (χ0v) is 8.32. The lowest BCUT2D eigenvalue weighted by molar-refractivity contribution is -0.113. The summed E-state index contributed by atoms with van der Waals surface area (Å²) >= 11 is 0. The highest BCUT2D eigenvalue weighted by atomic mass is 16.1. The molecule has 0 bridgehead atoms. The molecule has 6 heteroatoms. The zero-order chi connectivity index (χ0) is 11.4. The summed E-state index contributed by atoms with van der Waals surface area (Å²) < 4.78 is 1.39. The van der Waals surface area contributed by atoms with E-state index in [0.717, 1.165) is 5.56 Å². The number of aromatic nitrogens is 4. The molecule has 0 fully saturated rings. The van der Waals surface area contributed by atoms with Crippen LogP contribution in [0.4, 0.5) is 0 Å². The predicted molar refractivity (Wildman–Crippen MR) is 56.8 cm³/mol. The van der Waals surface area contributed by atoms with E-state index in [0.29, 0.717) is 5.70 Å². The fraction of sp³-hybridized carbons (Fsp3) is 0. The first kappa shape index (κ1) is 10.0. The summed E-state index contributed by atoms with van der Waals surface area (Å²) in [6.07, 6.45) is 2.69. The van der Waals surface area contributed by atoms with Crippen LogP contribution in [-0.2, 0) is 4.79 Å². The topological polar surface area (TPSA) is 86.7 Å². The van der Waals surface area contributed by atoms with Crippen molar-refractivity contribution in [3.8, 4) is 0 Å². The molecule has 2 rings (SSSR count). The maximum Gasteiger partial charge on any atom is 0.243 e. The van der Waals surface area contributed by atoms with Crippen LogP contribution in [0.5, 0.6) is 0 Å². The number of rotatable bonds is 3. The fourth-order valence-corrected chi connectivity index (χ4v) is 1.30. The first-order chi connectivity index (χ1) is 7.77. The molecule has 1 aromatic carbocycles. The van der Waals surface area contributed by atoms with E-state index in [2.05, 4.69) is 15.5 Å². The molecule has 0 aliphatic carbocycles. The zero-order valence-electron chi connectivity index (χ0n) is 8.32. The van der Waals surface area contributed by atoms with Gasteiger partial charge in [0.2, 0.25) is 5.91 Å². The van der Waals surface area contributed by atoms with E-state index in [-0.39, 0.29) is 0 Å². The molecule has 16 heavy (non-hydrogen) atoms. The highest BCUT2D eigenvalue weighted by Crippen LogP contribution is 2.14. The molecule has 0 radical (unpaired) electrons. The summed E-state index contributed by atoms with van der Waals surface area (Å²) in [5.41, 5.74) is 6.49. The number of carbonyl (C=O) groups is 1. The Labute approximate surface area is 91.4 Å². The summed E-state index contributed by atoms with van der Waals surface area (Å²) in [6.45, 7) is 0. The number of amides is 1. The lowest BCUT2D eigenvalue weighted by Crippen LogP contribution is -2.10. The van der Waals surface area contributed by atoms with Gasteiger partial charge in [0.1, 0.15) is 6.33 Å². The summed E-state index contributed by atoms with van der Waals surface area (Å²) in [4.78, 5) is 10.9. The van der Waals surface area contributed by atoms with E-state index in [1.54, 1.807) is 0 Å². The van der Waals surface area contributed by atoms with Crippen molar-refractivity contribution < 1.29 is 4.79 Å². The highest BCUT2D eigenvalue weighted by molar-refractivity contribution is 5.93. The monoisotopic (exact) mass is 215 g/mol. The van der Waals surface area contributed by atoms with Crippen molar-refractivity contribution in [1.29, 1.82) is 0 Å². The second kappa shape index (κ2) is 4.35. The number of nitrogens with two attached hydrogens (primary N) is 1. The molecule has 80 valence electrons. The molecule has 0 atom stereocenters. The normalized spacial score (nSPS) is 11.4. The highest BCUT2D eigenvalue weighted by Gasteiger charge is 2.06. The van der Waals surface area contributed by atoms with Crippen LogP contribution in [0.3, 0.4) is 0 Å². The minimum Gasteiger partial charge on any atom is -0.366 e. The van der Waals surface area contributed by atoms with Gasteiger partial charge in [-0.15, -0.1) is 5.10 Å². The van der Waals surface area contributed by atoms with Gasteiger partial charge >= 0.3 is 0 Å². The number of hydrogen-bond acceptors (Lipinski definition) is 4. The summed E-state index contributed by atoms with van der Waals surface area (Å²) in [7, 11) is 0. The van der Waals surface area contributed by atoms with Gasteiger partial charge < -0.3 is 5.73 Å². The molecule has 2 N–H and O–H groups in total. The average Bonchev–Trinajstić information content (AvgIpc) is 2.80. The van der Waals surface area contributed by atoms with E-state index >= 15 is 0 Å². The van der Waals surface area contributed by atoms with Gasteiger partial charge in [0.15, 0.2) is 0 Å². The Bertz CT molecular complexity index is 503. The van der Waals surface area contributed by atoms with E-state index in [1.807, 2.05) is 30.3 Å². The van der Waals surface area contributed by atoms with Crippen LogP contribution < -0.4 is 5.73 Å². The lowest BCUT2D eigenvalue weighted by Gasteiger charge is -2.04.